The Labute approximate surface area is 210 Å². The van der Waals surface area contributed by atoms with Gasteiger partial charge in [0.05, 0.1) is 5.92 Å². The van der Waals surface area contributed by atoms with Crippen molar-refractivity contribution in [3.63, 3.8) is 0 Å². The van der Waals surface area contributed by atoms with Crippen molar-refractivity contribution in [3.05, 3.63) is 29.6 Å². The highest BCUT2D eigenvalue weighted by molar-refractivity contribution is 5.75. The van der Waals surface area contributed by atoms with Crippen molar-refractivity contribution >= 4 is 5.97 Å². The van der Waals surface area contributed by atoms with E-state index in [0.29, 0.717) is 5.92 Å². The summed E-state index contributed by atoms with van der Waals surface area (Å²) in [4.78, 5) is 12.4. The lowest BCUT2D eigenvalue weighted by molar-refractivity contribution is -0.140. The Balaban J connectivity index is 1.25. The third-order valence-corrected chi connectivity index (χ3v) is 8.52. The van der Waals surface area contributed by atoms with Crippen LogP contribution in [0.5, 0.6) is 5.75 Å². The molecule has 0 atom stereocenters. The van der Waals surface area contributed by atoms with E-state index in [9.17, 15) is 18.0 Å². The molecule has 0 spiro atoms. The van der Waals surface area contributed by atoms with Crippen molar-refractivity contribution in [1.29, 1.82) is 0 Å². The fourth-order valence-corrected chi connectivity index (χ4v) is 6.15. The molecular weight excluding hydrogens is 449 g/mol. The highest BCUT2D eigenvalue weighted by atomic mass is 19.2. The zero-order chi connectivity index (χ0) is 25.0. The first-order chi connectivity index (χ1) is 17.0. The van der Waals surface area contributed by atoms with Crippen LogP contribution in [0.1, 0.15) is 122 Å². The quantitative estimate of drug-likeness (QED) is 0.118. The van der Waals surface area contributed by atoms with Crippen LogP contribution < -0.4 is 4.74 Å². The summed E-state index contributed by atoms with van der Waals surface area (Å²) >= 11 is 0. The molecule has 1 aromatic carbocycles. The lowest BCUT2D eigenvalue weighted by Gasteiger charge is -2.31. The van der Waals surface area contributed by atoms with Crippen molar-refractivity contribution in [3.8, 4) is 5.75 Å². The molecule has 2 fully saturated rings. The largest absolute Gasteiger partial charge is 0.426 e. The van der Waals surface area contributed by atoms with E-state index in [1.54, 1.807) is 0 Å². The second kappa shape index (κ2) is 14.9. The second-order valence-corrected chi connectivity index (χ2v) is 11.2. The Hall–Kier alpha value is -1.52. The molecule has 3 rings (SSSR count). The predicted molar refractivity (Wildman–Crippen MR) is 135 cm³/mol. The molecule has 2 nitrogen and oxygen atoms in total. The molecule has 5 heteroatoms. The number of ether oxygens (including phenoxy) is 1. The van der Waals surface area contributed by atoms with Crippen LogP contribution in [0.2, 0.25) is 0 Å². The molecular formula is C30H45F3O2. The normalized spacial score (nSPS) is 24.9. The molecule has 0 unspecified atom stereocenters. The maximum absolute atomic E-state index is 13.4. The van der Waals surface area contributed by atoms with Crippen LogP contribution in [0.25, 0.3) is 0 Å². The van der Waals surface area contributed by atoms with Crippen LogP contribution in [-0.4, -0.2) is 5.97 Å². The number of hydrogen-bond donors (Lipinski definition) is 0. The topological polar surface area (TPSA) is 26.3 Å². The van der Waals surface area contributed by atoms with Crippen molar-refractivity contribution in [2.45, 2.75) is 122 Å². The molecule has 0 aliphatic heterocycles. The number of hydrogen-bond acceptors (Lipinski definition) is 2. The Morgan fingerprint density at radius 3 is 1.71 bits per heavy atom. The summed E-state index contributed by atoms with van der Waals surface area (Å²) in [5, 5.41) is 0. The summed E-state index contributed by atoms with van der Waals surface area (Å²) < 4.78 is 44.9. The molecule has 0 radical (unpaired) electrons. The summed E-state index contributed by atoms with van der Waals surface area (Å²) in [6.45, 7) is 2.27. The first-order valence-corrected chi connectivity index (χ1v) is 14.3. The van der Waals surface area contributed by atoms with E-state index in [0.717, 1.165) is 49.7 Å². The first kappa shape index (κ1) is 28.1. The summed E-state index contributed by atoms with van der Waals surface area (Å²) in [7, 11) is 0. The van der Waals surface area contributed by atoms with E-state index >= 15 is 0 Å². The fraction of sp³-hybridized carbons (Fsp3) is 0.767. The monoisotopic (exact) mass is 494 g/mol. The predicted octanol–water partition coefficient (Wildman–Crippen LogP) is 9.54. The zero-order valence-electron chi connectivity index (χ0n) is 21.6. The number of rotatable bonds is 13. The molecule has 0 bridgehead atoms. The number of carbonyl (C=O) groups is 1. The molecule has 0 aromatic heterocycles. The number of halogens is 3. The van der Waals surface area contributed by atoms with Crippen LogP contribution in [-0.2, 0) is 4.79 Å². The van der Waals surface area contributed by atoms with Crippen molar-refractivity contribution in [2.24, 2.45) is 23.7 Å². The van der Waals surface area contributed by atoms with Gasteiger partial charge in [0, 0.05) is 12.1 Å². The van der Waals surface area contributed by atoms with Gasteiger partial charge in [0.1, 0.15) is 5.75 Å². The van der Waals surface area contributed by atoms with Gasteiger partial charge in [-0.1, -0.05) is 96.8 Å². The third-order valence-electron chi connectivity index (χ3n) is 8.52. The molecule has 2 aliphatic rings. The van der Waals surface area contributed by atoms with Crippen molar-refractivity contribution in [1.82, 2.24) is 0 Å². The average Bonchev–Trinajstić information content (AvgIpc) is 2.86. The minimum absolute atomic E-state index is 0.246. The Bertz CT molecular complexity index is 742. The van der Waals surface area contributed by atoms with Gasteiger partial charge in [0.25, 0.3) is 0 Å². The molecule has 35 heavy (non-hydrogen) atoms. The zero-order valence-corrected chi connectivity index (χ0v) is 21.6. The van der Waals surface area contributed by atoms with Gasteiger partial charge in [-0.2, -0.15) is 0 Å². The third kappa shape index (κ3) is 9.46. The minimum Gasteiger partial charge on any atom is -0.426 e. The van der Waals surface area contributed by atoms with E-state index in [-0.39, 0.29) is 11.7 Å². The molecule has 2 saturated carbocycles. The van der Waals surface area contributed by atoms with Gasteiger partial charge >= 0.3 is 5.97 Å². The Morgan fingerprint density at radius 1 is 0.714 bits per heavy atom. The molecule has 0 N–H and O–H groups in total. The van der Waals surface area contributed by atoms with Crippen LogP contribution in [0.4, 0.5) is 13.2 Å². The number of carbonyl (C=O) groups excluding carboxylic acids is 1. The lowest BCUT2D eigenvalue weighted by atomic mass is 9.75. The van der Waals surface area contributed by atoms with Crippen LogP contribution in [0, 0.1) is 41.1 Å². The van der Waals surface area contributed by atoms with Gasteiger partial charge in [0.2, 0.25) is 0 Å². The van der Waals surface area contributed by atoms with Gasteiger partial charge < -0.3 is 4.74 Å². The SMILES string of the molecule is CCCCCCCCC[C@H]1CC[C@H](CC[C@H]2CC[C@H](C(=O)Oc3cc(F)c(F)c(F)c3)CC2)CC1. The number of benzene rings is 1. The van der Waals surface area contributed by atoms with Crippen LogP contribution >= 0.6 is 0 Å². The van der Waals surface area contributed by atoms with Gasteiger partial charge in [-0.25, -0.2) is 13.2 Å². The molecule has 1 aromatic rings. The Kier molecular flexibility index (Phi) is 11.9. The minimum atomic E-state index is -1.55. The second-order valence-electron chi connectivity index (χ2n) is 11.2. The molecule has 0 amide bonds. The van der Waals surface area contributed by atoms with Crippen molar-refractivity contribution in [2.75, 3.05) is 0 Å². The van der Waals surface area contributed by atoms with Gasteiger partial charge in [-0.15, -0.1) is 0 Å². The lowest BCUT2D eigenvalue weighted by Crippen LogP contribution is -2.26. The average molecular weight is 495 g/mol. The molecule has 0 heterocycles. The summed E-state index contributed by atoms with van der Waals surface area (Å²) in [5.41, 5.74) is 0. The van der Waals surface area contributed by atoms with Gasteiger partial charge in [-0.3, -0.25) is 4.79 Å². The van der Waals surface area contributed by atoms with Crippen LogP contribution in [0.3, 0.4) is 0 Å². The summed E-state index contributed by atoms with van der Waals surface area (Å²) in [6.07, 6.45) is 22.8. The first-order valence-electron chi connectivity index (χ1n) is 14.3. The highest BCUT2D eigenvalue weighted by Gasteiger charge is 2.29. The van der Waals surface area contributed by atoms with Crippen molar-refractivity contribution < 1.29 is 22.7 Å². The van der Waals surface area contributed by atoms with Crippen LogP contribution in [0.15, 0.2) is 12.1 Å². The molecule has 198 valence electrons. The summed E-state index contributed by atoms with van der Waals surface area (Å²) in [6, 6.07) is 1.46. The van der Waals surface area contributed by atoms with E-state index < -0.39 is 23.4 Å². The standard InChI is InChI=1S/C30H45F3O2/c1-2-3-4-5-6-7-8-9-22-10-12-23(13-11-22)14-15-24-16-18-25(19-17-24)30(34)35-26-20-27(31)29(33)28(32)21-26/h20-25H,2-19H2,1H3/t22-,23-,24-,25-. The number of unbranched alkanes of at least 4 members (excludes halogenated alkanes) is 6. The van der Waals surface area contributed by atoms with Gasteiger partial charge in [-0.05, 0) is 43.4 Å². The molecule has 0 saturated heterocycles. The molecule has 2 aliphatic carbocycles. The maximum Gasteiger partial charge on any atom is 0.314 e. The maximum atomic E-state index is 13.4. The van der Waals surface area contributed by atoms with E-state index in [2.05, 4.69) is 6.92 Å². The Morgan fingerprint density at radius 2 is 1.17 bits per heavy atom. The van der Waals surface area contributed by atoms with E-state index in [1.165, 1.54) is 89.9 Å². The number of esters is 1. The van der Waals surface area contributed by atoms with E-state index in [1.807, 2.05) is 0 Å². The highest BCUT2D eigenvalue weighted by Crippen LogP contribution is 2.38. The van der Waals surface area contributed by atoms with Gasteiger partial charge in [0.15, 0.2) is 17.5 Å². The summed E-state index contributed by atoms with van der Waals surface area (Å²) in [5.74, 6) is -2.74. The van der Waals surface area contributed by atoms with E-state index in [4.69, 9.17) is 4.74 Å². The fourth-order valence-electron chi connectivity index (χ4n) is 6.15. The smallest absolute Gasteiger partial charge is 0.314 e.